The second kappa shape index (κ2) is 9.67. The number of unbranched alkanes of at least 4 members (excludes halogenated alkanes) is 1. The van der Waals surface area contributed by atoms with Gasteiger partial charge in [0, 0.05) is 30.0 Å². The molecule has 0 fully saturated rings. The van der Waals surface area contributed by atoms with Gasteiger partial charge in [-0.1, -0.05) is 37.6 Å². The molecule has 0 aliphatic carbocycles. The van der Waals surface area contributed by atoms with Crippen LogP contribution in [0, 0.1) is 0 Å². The van der Waals surface area contributed by atoms with Crippen LogP contribution in [0.15, 0.2) is 54.6 Å². The van der Waals surface area contributed by atoms with Crippen LogP contribution in [0.2, 0.25) is 0 Å². The maximum Gasteiger partial charge on any atom is 0.255 e. The quantitative estimate of drug-likeness (QED) is 0.680. The Hall–Kier alpha value is -2.55. The van der Waals surface area contributed by atoms with Crippen molar-refractivity contribution in [2.75, 3.05) is 23.3 Å². The molecule has 0 spiro atoms. The number of benzene rings is 2. The lowest BCUT2D eigenvalue weighted by atomic mass is 10.1. The standard InChI is InChI=1S/C22H28N2O/c1-4-7-8-9-18-10-12-19(13-11-18)22(25)23-20-14-16-21(17-15-20)24(5-2)6-3/h8-17H,4-7H2,1-3H3,(H,23,25). The monoisotopic (exact) mass is 336 g/mol. The molecule has 0 aromatic heterocycles. The van der Waals surface area contributed by atoms with E-state index in [1.807, 2.05) is 48.5 Å². The summed E-state index contributed by atoms with van der Waals surface area (Å²) in [6, 6.07) is 15.7. The lowest BCUT2D eigenvalue weighted by molar-refractivity contribution is 0.102. The van der Waals surface area contributed by atoms with E-state index in [1.165, 1.54) is 5.69 Å². The molecule has 0 unspecified atom stereocenters. The largest absolute Gasteiger partial charge is 0.372 e. The molecular weight excluding hydrogens is 308 g/mol. The van der Waals surface area contributed by atoms with Crippen LogP contribution in [0.5, 0.6) is 0 Å². The van der Waals surface area contributed by atoms with E-state index in [4.69, 9.17) is 0 Å². The molecule has 0 bridgehead atoms. The lowest BCUT2D eigenvalue weighted by Crippen LogP contribution is -2.21. The highest BCUT2D eigenvalue weighted by atomic mass is 16.1. The predicted molar refractivity (Wildman–Crippen MR) is 108 cm³/mol. The summed E-state index contributed by atoms with van der Waals surface area (Å²) in [6.45, 7) is 8.38. The zero-order valence-corrected chi connectivity index (χ0v) is 15.5. The third-order valence-corrected chi connectivity index (χ3v) is 4.19. The summed E-state index contributed by atoms with van der Waals surface area (Å²) in [5.74, 6) is -0.0836. The number of allylic oxidation sites excluding steroid dienone is 1. The first-order valence-corrected chi connectivity index (χ1v) is 9.10. The van der Waals surface area contributed by atoms with Crippen molar-refractivity contribution in [1.29, 1.82) is 0 Å². The minimum atomic E-state index is -0.0836. The first kappa shape index (κ1) is 18.8. The summed E-state index contributed by atoms with van der Waals surface area (Å²) in [6.07, 6.45) is 6.47. The molecule has 3 nitrogen and oxygen atoms in total. The van der Waals surface area contributed by atoms with E-state index in [2.05, 4.69) is 43.1 Å². The van der Waals surface area contributed by atoms with Gasteiger partial charge in [0.25, 0.3) is 5.91 Å². The molecule has 25 heavy (non-hydrogen) atoms. The van der Waals surface area contributed by atoms with E-state index in [-0.39, 0.29) is 5.91 Å². The van der Waals surface area contributed by atoms with Crippen LogP contribution in [0.1, 0.15) is 49.5 Å². The summed E-state index contributed by atoms with van der Waals surface area (Å²) in [5.41, 5.74) is 3.77. The Morgan fingerprint density at radius 3 is 2.16 bits per heavy atom. The fourth-order valence-electron chi connectivity index (χ4n) is 2.68. The Morgan fingerprint density at radius 2 is 1.60 bits per heavy atom. The van der Waals surface area contributed by atoms with Crippen molar-refractivity contribution < 1.29 is 4.79 Å². The average molecular weight is 336 g/mol. The van der Waals surface area contributed by atoms with Crippen molar-refractivity contribution >= 4 is 23.4 Å². The van der Waals surface area contributed by atoms with Crippen molar-refractivity contribution in [3.8, 4) is 0 Å². The maximum absolute atomic E-state index is 12.4. The molecule has 2 aromatic rings. The molecule has 2 aromatic carbocycles. The number of hydrogen-bond acceptors (Lipinski definition) is 2. The number of nitrogens with one attached hydrogen (secondary N) is 1. The Bertz CT molecular complexity index is 683. The van der Waals surface area contributed by atoms with E-state index >= 15 is 0 Å². The van der Waals surface area contributed by atoms with Gasteiger partial charge in [-0.25, -0.2) is 0 Å². The second-order valence-corrected chi connectivity index (χ2v) is 5.99. The summed E-state index contributed by atoms with van der Waals surface area (Å²) in [5, 5.41) is 2.96. The van der Waals surface area contributed by atoms with Crippen LogP contribution in [-0.4, -0.2) is 19.0 Å². The summed E-state index contributed by atoms with van der Waals surface area (Å²) < 4.78 is 0. The lowest BCUT2D eigenvalue weighted by Gasteiger charge is -2.21. The molecule has 0 saturated heterocycles. The number of carbonyl (C=O) groups is 1. The van der Waals surface area contributed by atoms with E-state index < -0.39 is 0 Å². The van der Waals surface area contributed by atoms with Crippen LogP contribution in [-0.2, 0) is 0 Å². The van der Waals surface area contributed by atoms with E-state index in [0.717, 1.165) is 37.2 Å². The molecular formula is C22H28N2O. The van der Waals surface area contributed by atoms with Crippen molar-refractivity contribution in [2.45, 2.75) is 33.6 Å². The van der Waals surface area contributed by atoms with Crippen molar-refractivity contribution in [1.82, 2.24) is 0 Å². The van der Waals surface area contributed by atoms with E-state index in [0.29, 0.717) is 5.56 Å². The minimum Gasteiger partial charge on any atom is -0.372 e. The van der Waals surface area contributed by atoms with Gasteiger partial charge in [-0.3, -0.25) is 4.79 Å². The SMILES string of the molecule is CCCC=Cc1ccc(C(=O)Nc2ccc(N(CC)CC)cc2)cc1. The number of nitrogens with zero attached hydrogens (tertiary/aromatic N) is 1. The van der Waals surface area contributed by atoms with Crippen LogP contribution >= 0.6 is 0 Å². The summed E-state index contributed by atoms with van der Waals surface area (Å²) in [4.78, 5) is 14.7. The molecule has 0 atom stereocenters. The van der Waals surface area contributed by atoms with Gasteiger partial charge in [-0.15, -0.1) is 0 Å². The fraction of sp³-hybridized carbons (Fsp3) is 0.318. The van der Waals surface area contributed by atoms with Crippen LogP contribution in [0.3, 0.4) is 0 Å². The molecule has 1 amide bonds. The Morgan fingerprint density at radius 1 is 0.960 bits per heavy atom. The summed E-state index contributed by atoms with van der Waals surface area (Å²) in [7, 11) is 0. The highest BCUT2D eigenvalue weighted by Crippen LogP contribution is 2.18. The number of carbonyl (C=O) groups excluding carboxylic acids is 1. The Labute approximate surface area is 151 Å². The third kappa shape index (κ3) is 5.49. The van der Waals surface area contributed by atoms with Crippen molar-refractivity contribution in [2.24, 2.45) is 0 Å². The van der Waals surface area contributed by atoms with E-state index in [9.17, 15) is 4.79 Å². The number of amides is 1. The Kier molecular flexibility index (Phi) is 7.27. The fourth-order valence-corrected chi connectivity index (χ4v) is 2.68. The van der Waals surface area contributed by atoms with Crippen molar-refractivity contribution in [3.05, 3.63) is 65.7 Å². The van der Waals surface area contributed by atoms with Crippen LogP contribution < -0.4 is 10.2 Å². The van der Waals surface area contributed by atoms with Gasteiger partial charge in [-0.05, 0) is 62.2 Å². The molecule has 0 heterocycles. The zero-order chi connectivity index (χ0) is 18.1. The number of anilines is 2. The zero-order valence-electron chi connectivity index (χ0n) is 15.5. The molecule has 1 N–H and O–H groups in total. The summed E-state index contributed by atoms with van der Waals surface area (Å²) >= 11 is 0. The number of rotatable bonds is 8. The smallest absolute Gasteiger partial charge is 0.255 e. The van der Waals surface area contributed by atoms with Gasteiger partial charge >= 0.3 is 0 Å². The molecule has 0 saturated carbocycles. The van der Waals surface area contributed by atoms with Crippen LogP contribution in [0.25, 0.3) is 6.08 Å². The second-order valence-electron chi connectivity index (χ2n) is 5.99. The number of hydrogen-bond donors (Lipinski definition) is 1. The minimum absolute atomic E-state index is 0.0836. The van der Waals surface area contributed by atoms with Gasteiger partial charge in [0.1, 0.15) is 0 Å². The molecule has 2 rings (SSSR count). The topological polar surface area (TPSA) is 32.3 Å². The normalized spacial score (nSPS) is 10.8. The maximum atomic E-state index is 12.4. The average Bonchev–Trinajstić information content (AvgIpc) is 2.65. The van der Waals surface area contributed by atoms with Crippen molar-refractivity contribution in [3.63, 3.8) is 0 Å². The van der Waals surface area contributed by atoms with Gasteiger partial charge in [0.05, 0.1) is 0 Å². The highest BCUT2D eigenvalue weighted by Gasteiger charge is 2.07. The molecule has 0 aliphatic heterocycles. The molecule has 0 radical (unpaired) electrons. The molecule has 132 valence electrons. The van der Waals surface area contributed by atoms with Gasteiger partial charge in [0.2, 0.25) is 0 Å². The third-order valence-electron chi connectivity index (χ3n) is 4.19. The molecule has 3 heteroatoms. The molecule has 0 aliphatic rings. The van der Waals surface area contributed by atoms with Gasteiger partial charge in [0.15, 0.2) is 0 Å². The first-order valence-electron chi connectivity index (χ1n) is 9.10. The predicted octanol–water partition coefficient (Wildman–Crippen LogP) is 5.60. The van der Waals surface area contributed by atoms with Gasteiger partial charge < -0.3 is 10.2 Å². The van der Waals surface area contributed by atoms with Gasteiger partial charge in [-0.2, -0.15) is 0 Å². The highest BCUT2D eigenvalue weighted by molar-refractivity contribution is 6.04. The van der Waals surface area contributed by atoms with E-state index in [1.54, 1.807) is 0 Å². The van der Waals surface area contributed by atoms with Crippen LogP contribution in [0.4, 0.5) is 11.4 Å². The first-order chi connectivity index (χ1) is 12.2. The Balaban J connectivity index is 1.99.